The monoisotopic (exact) mass is 283 g/mol. The van der Waals surface area contributed by atoms with Crippen LogP contribution >= 0.6 is 11.6 Å². The molecule has 0 aromatic heterocycles. The van der Waals surface area contributed by atoms with Gasteiger partial charge in [-0.15, -0.1) is 0 Å². The Hall–Kier alpha value is -1.10. The number of hydrogen-bond acceptors (Lipinski definition) is 4. The zero-order valence-electron chi connectivity index (χ0n) is 11.0. The molecule has 0 unspecified atom stereocenters. The molecule has 4 nitrogen and oxygen atoms in total. The van der Waals surface area contributed by atoms with Gasteiger partial charge in [-0.2, -0.15) is 0 Å². The van der Waals surface area contributed by atoms with Crippen molar-refractivity contribution in [3.05, 3.63) is 34.9 Å². The molecular formula is C14H18ClNO3. The molecular weight excluding hydrogens is 266 g/mol. The van der Waals surface area contributed by atoms with E-state index >= 15 is 0 Å². The van der Waals surface area contributed by atoms with E-state index in [1.807, 2.05) is 18.2 Å². The molecule has 0 saturated carbocycles. The third kappa shape index (κ3) is 2.76. The lowest BCUT2D eigenvalue weighted by atomic mass is 9.91. The summed E-state index contributed by atoms with van der Waals surface area (Å²) in [4.78, 5) is 11.8. The van der Waals surface area contributed by atoms with Crippen LogP contribution in [-0.4, -0.2) is 30.3 Å². The summed E-state index contributed by atoms with van der Waals surface area (Å²) in [6, 6.07) is 7.35. The van der Waals surface area contributed by atoms with E-state index in [2.05, 4.69) is 5.32 Å². The Labute approximate surface area is 117 Å². The van der Waals surface area contributed by atoms with Gasteiger partial charge in [-0.25, -0.2) is 0 Å². The van der Waals surface area contributed by atoms with Crippen molar-refractivity contribution in [1.82, 2.24) is 5.32 Å². The number of benzene rings is 1. The smallest absolute Gasteiger partial charge is 0.325 e. The maximum atomic E-state index is 11.8. The van der Waals surface area contributed by atoms with Gasteiger partial charge in [0.2, 0.25) is 0 Å². The highest BCUT2D eigenvalue weighted by Crippen LogP contribution is 2.38. The number of halogens is 1. The van der Waals surface area contributed by atoms with Gasteiger partial charge in [0.1, 0.15) is 5.54 Å². The lowest BCUT2D eigenvalue weighted by Crippen LogP contribution is -2.45. The molecule has 1 heterocycles. The number of nitrogens with one attached hydrogen (secondary N) is 1. The number of ether oxygens (including phenoxy) is 1. The predicted molar refractivity (Wildman–Crippen MR) is 72.9 cm³/mol. The minimum absolute atomic E-state index is 0.0107. The minimum atomic E-state index is -0.769. The summed E-state index contributed by atoms with van der Waals surface area (Å²) in [5.74, 6) is -0.349. The average Bonchev–Trinajstić information content (AvgIpc) is 2.76. The van der Waals surface area contributed by atoms with Gasteiger partial charge in [-0.05, 0) is 31.0 Å². The normalized spacial score (nSPS) is 30.3. The minimum Gasteiger partial charge on any atom is -0.468 e. The first kappa shape index (κ1) is 14.3. The van der Waals surface area contributed by atoms with Crippen LogP contribution in [0.1, 0.15) is 24.9 Å². The van der Waals surface area contributed by atoms with E-state index in [1.54, 1.807) is 13.0 Å². The van der Waals surface area contributed by atoms with Crippen LogP contribution in [0.2, 0.25) is 5.02 Å². The standard InChI is InChI=1S/C14H18ClNO3/c1-14(13(18)19-2)7-10(8-17)12(16-14)9-4-3-5-11(15)6-9/h3-6,10,12,16-17H,7-8H2,1-2H3/t10-,12-,14-/m1/s1. The third-order valence-electron chi connectivity index (χ3n) is 3.69. The van der Waals surface area contributed by atoms with Crippen LogP contribution in [0.5, 0.6) is 0 Å². The third-order valence-corrected chi connectivity index (χ3v) is 3.93. The maximum absolute atomic E-state index is 11.8. The fourth-order valence-electron chi connectivity index (χ4n) is 2.76. The van der Waals surface area contributed by atoms with Crippen LogP contribution in [-0.2, 0) is 9.53 Å². The van der Waals surface area contributed by atoms with Gasteiger partial charge in [0, 0.05) is 23.6 Å². The molecule has 2 N–H and O–H groups in total. The Morgan fingerprint density at radius 1 is 1.63 bits per heavy atom. The summed E-state index contributed by atoms with van der Waals surface area (Å²) in [6.07, 6.45) is 0.535. The first-order valence-corrected chi connectivity index (χ1v) is 6.60. The molecule has 104 valence electrons. The molecule has 3 atom stereocenters. The van der Waals surface area contributed by atoms with E-state index in [4.69, 9.17) is 16.3 Å². The van der Waals surface area contributed by atoms with Gasteiger partial charge >= 0.3 is 5.97 Å². The van der Waals surface area contributed by atoms with Gasteiger partial charge < -0.3 is 9.84 Å². The van der Waals surface area contributed by atoms with Crippen molar-refractivity contribution < 1.29 is 14.6 Å². The summed E-state index contributed by atoms with van der Waals surface area (Å²) >= 11 is 5.99. The van der Waals surface area contributed by atoms with Crippen molar-refractivity contribution >= 4 is 17.6 Å². The zero-order chi connectivity index (χ0) is 14.0. The van der Waals surface area contributed by atoms with E-state index in [0.717, 1.165) is 5.56 Å². The van der Waals surface area contributed by atoms with Crippen LogP contribution < -0.4 is 5.32 Å². The Kier molecular flexibility index (Phi) is 4.13. The molecule has 19 heavy (non-hydrogen) atoms. The molecule has 0 radical (unpaired) electrons. The summed E-state index contributed by atoms with van der Waals surface area (Å²) in [6.45, 7) is 1.81. The quantitative estimate of drug-likeness (QED) is 0.832. The number of carbonyl (C=O) groups excluding carboxylic acids is 1. The van der Waals surface area contributed by atoms with Gasteiger partial charge in [-0.1, -0.05) is 23.7 Å². The predicted octanol–water partition coefficient (Wildman–Crippen LogP) is 1.91. The van der Waals surface area contributed by atoms with Crippen LogP contribution in [0.25, 0.3) is 0 Å². The maximum Gasteiger partial charge on any atom is 0.325 e. The molecule has 5 heteroatoms. The SMILES string of the molecule is COC(=O)[C@@]1(C)C[C@H](CO)[C@@H](c2cccc(Cl)c2)N1. The highest BCUT2D eigenvalue weighted by atomic mass is 35.5. The number of aliphatic hydroxyl groups is 1. The number of aliphatic hydroxyl groups excluding tert-OH is 1. The van der Waals surface area contributed by atoms with Crippen molar-refractivity contribution in [2.75, 3.05) is 13.7 Å². The number of methoxy groups -OCH3 is 1. The lowest BCUT2D eigenvalue weighted by Gasteiger charge is -2.23. The molecule has 0 amide bonds. The second-order valence-corrected chi connectivity index (χ2v) is 5.58. The summed E-state index contributed by atoms with van der Waals surface area (Å²) in [7, 11) is 1.37. The van der Waals surface area contributed by atoms with Gasteiger partial charge in [-0.3, -0.25) is 10.1 Å². The molecule has 0 aliphatic carbocycles. The van der Waals surface area contributed by atoms with Crippen LogP contribution in [0.3, 0.4) is 0 Å². The molecule has 1 aromatic carbocycles. The van der Waals surface area contributed by atoms with Gasteiger partial charge in [0.05, 0.1) is 7.11 Å². The van der Waals surface area contributed by atoms with E-state index < -0.39 is 5.54 Å². The van der Waals surface area contributed by atoms with E-state index in [0.29, 0.717) is 11.4 Å². The second-order valence-electron chi connectivity index (χ2n) is 5.15. The summed E-state index contributed by atoms with van der Waals surface area (Å²) in [5.41, 5.74) is 0.203. The Bertz CT molecular complexity index is 480. The van der Waals surface area contributed by atoms with Crippen molar-refractivity contribution in [1.29, 1.82) is 0 Å². The zero-order valence-corrected chi connectivity index (χ0v) is 11.8. The molecule has 0 bridgehead atoms. The van der Waals surface area contributed by atoms with Crippen molar-refractivity contribution in [2.45, 2.75) is 24.9 Å². The summed E-state index contributed by atoms with van der Waals surface area (Å²) < 4.78 is 4.83. The molecule has 0 spiro atoms. The number of rotatable bonds is 3. The van der Waals surface area contributed by atoms with Crippen LogP contribution in [0, 0.1) is 5.92 Å². The summed E-state index contributed by atoms with van der Waals surface area (Å²) in [5, 5.41) is 13.4. The fraction of sp³-hybridized carbons (Fsp3) is 0.500. The second kappa shape index (κ2) is 5.49. The van der Waals surface area contributed by atoms with Gasteiger partial charge in [0.15, 0.2) is 0 Å². The molecule has 2 rings (SSSR count). The average molecular weight is 284 g/mol. The van der Waals surface area contributed by atoms with Crippen LogP contribution in [0.4, 0.5) is 0 Å². The first-order valence-electron chi connectivity index (χ1n) is 6.22. The van der Waals surface area contributed by atoms with E-state index in [-0.39, 0.29) is 24.5 Å². The van der Waals surface area contributed by atoms with Crippen LogP contribution in [0.15, 0.2) is 24.3 Å². The fourth-order valence-corrected chi connectivity index (χ4v) is 2.95. The van der Waals surface area contributed by atoms with Crippen molar-refractivity contribution in [3.63, 3.8) is 0 Å². The molecule has 1 aliphatic heterocycles. The lowest BCUT2D eigenvalue weighted by molar-refractivity contribution is -0.147. The number of esters is 1. The molecule has 1 aliphatic rings. The molecule has 1 fully saturated rings. The number of hydrogen-bond donors (Lipinski definition) is 2. The van der Waals surface area contributed by atoms with Crippen molar-refractivity contribution in [3.8, 4) is 0 Å². The number of carbonyl (C=O) groups is 1. The highest BCUT2D eigenvalue weighted by molar-refractivity contribution is 6.30. The van der Waals surface area contributed by atoms with Crippen molar-refractivity contribution in [2.24, 2.45) is 5.92 Å². The molecule has 1 saturated heterocycles. The Balaban J connectivity index is 2.28. The Morgan fingerprint density at radius 2 is 2.37 bits per heavy atom. The largest absolute Gasteiger partial charge is 0.468 e. The molecule has 1 aromatic rings. The van der Waals surface area contributed by atoms with E-state index in [1.165, 1.54) is 7.11 Å². The Morgan fingerprint density at radius 3 is 2.95 bits per heavy atom. The van der Waals surface area contributed by atoms with E-state index in [9.17, 15) is 9.90 Å². The first-order chi connectivity index (χ1) is 9.00. The topological polar surface area (TPSA) is 58.6 Å². The van der Waals surface area contributed by atoms with Gasteiger partial charge in [0.25, 0.3) is 0 Å². The highest BCUT2D eigenvalue weighted by Gasteiger charge is 2.47.